The lowest BCUT2D eigenvalue weighted by Crippen LogP contribution is -2.40. The van der Waals surface area contributed by atoms with E-state index in [1.165, 1.54) is 12.0 Å². The van der Waals surface area contributed by atoms with E-state index in [1.54, 1.807) is 37.6 Å². The van der Waals surface area contributed by atoms with E-state index >= 15 is 0 Å². The van der Waals surface area contributed by atoms with Gasteiger partial charge in [0.1, 0.15) is 5.76 Å². The van der Waals surface area contributed by atoms with Crippen LogP contribution in [0.1, 0.15) is 26.7 Å². The van der Waals surface area contributed by atoms with Crippen molar-refractivity contribution < 1.29 is 27.8 Å². The number of halogens is 3. The summed E-state index contributed by atoms with van der Waals surface area (Å²) in [7, 11) is 3.04. The Kier molecular flexibility index (Phi) is 8.88. The lowest BCUT2D eigenvalue weighted by molar-refractivity contribution is -0.206. The van der Waals surface area contributed by atoms with E-state index < -0.39 is 18.8 Å². The number of aliphatic hydroxyl groups excluding tert-OH is 1. The van der Waals surface area contributed by atoms with Crippen molar-refractivity contribution >= 4 is 12.2 Å². The molecule has 2 atom stereocenters. The van der Waals surface area contributed by atoms with Gasteiger partial charge in [-0.1, -0.05) is 19.1 Å². The molecular weight excluding hydrogens is 409 g/mol. The van der Waals surface area contributed by atoms with Crippen molar-refractivity contribution in [2.75, 3.05) is 20.8 Å². The van der Waals surface area contributed by atoms with Crippen molar-refractivity contribution in [2.24, 2.45) is 0 Å². The normalized spacial score (nSPS) is 16.8. The van der Waals surface area contributed by atoms with Gasteiger partial charge >= 0.3 is 6.18 Å². The molecular formula is C23H29F3N2O3. The molecule has 0 bridgehead atoms. The zero-order valence-electron chi connectivity index (χ0n) is 18.2. The highest BCUT2D eigenvalue weighted by Crippen LogP contribution is 2.27. The van der Waals surface area contributed by atoms with Crippen LogP contribution in [0.3, 0.4) is 0 Å². The predicted octanol–water partition coefficient (Wildman–Crippen LogP) is 3.01. The third-order valence-corrected chi connectivity index (χ3v) is 4.94. The van der Waals surface area contributed by atoms with Crippen LogP contribution in [0, 0.1) is 0 Å². The number of ether oxygens (including phenoxy) is 2. The maximum atomic E-state index is 13.2. The summed E-state index contributed by atoms with van der Waals surface area (Å²) in [6.07, 6.45) is 3.85. The van der Waals surface area contributed by atoms with E-state index in [4.69, 9.17) is 9.47 Å². The SMILES string of the molecule is CC/C(=C\C(=C/C(C)OC)OC)N(CC(O)C(F)(F)F)C1=CC=c2ncccc2=CC1. The van der Waals surface area contributed by atoms with Crippen molar-refractivity contribution in [3.63, 3.8) is 0 Å². The van der Waals surface area contributed by atoms with Gasteiger partial charge in [0.15, 0.2) is 6.10 Å². The number of nitrogens with zero attached hydrogens (tertiary/aromatic N) is 2. The number of methoxy groups -OCH3 is 2. The summed E-state index contributed by atoms with van der Waals surface area (Å²) in [6, 6.07) is 3.71. The molecule has 0 saturated heterocycles. The van der Waals surface area contributed by atoms with Gasteiger partial charge in [0.25, 0.3) is 0 Å². The molecule has 1 aliphatic carbocycles. The molecule has 2 rings (SSSR count). The quantitative estimate of drug-likeness (QED) is 0.475. The zero-order chi connectivity index (χ0) is 23.0. The first-order chi connectivity index (χ1) is 14.7. The highest BCUT2D eigenvalue weighted by atomic mass is 19.4. The number of hydrogen-bond donors (Lipinski definition) is 1. The van der Waals surface area contributed by atoms with Crippen LogP contribution in [-0.2, 0) is 9.47 Å². The molecule has 2 unspecified atom stereocenters. The number of aromatic nitrogens is 1. The fourth-order valence-electron chi connectivity index (χ4n) is 3.10. The summed E-state index contributed by atoms with van der Waals surface area (Å²) in [5.74, 6) is 0.463. The number of hydrogen-bond acceptors (Lipinski definition) is 5. The average molecular weight is 438 g/mol. The van der Waals surface area contributed by atoms with Crippen LogP contribution in [-0.4, -0.2) is 54.1 Å². The van der Waals surface area contributed by atoms with Gasteiger partial charge in [0.05, 0.1) is 25.1 Å². The van der Waals surface area contributed by atoms with Crippen molar-refractivity contribution in [1.29, 1.82) is 0 Å². The molecule has 0 radical (unpaired) electrons. The molecule has 0 spiro atoms. The van der Waals surface area contributed by atoms with Crippen LogP contribution in [0.5, 0.6) is 0 Å². The molecule has 1 heterocycles. The fraction of sp³-hybridized carbons (Fsp3) is 0.435. The van der Waals surface area contributed by atoms with E-state index in [0.717, 1.165) is 10.6 Å². The van der Waals surface area contributed by atoms with Gasteiger partial charge in [-0.05, 0) is 48.9 Å². The number of rotatable bonds is 9. The van der Waals surface area contributed by atoms with Crippen LogP contribution < -0.4 is 10.6 Å². The van der Waals surface area contributed by atoms with E-state index in [0.29, 0.717) is 30.0 Å². The summed E-state index contributed by atoms with van der Waals surface area (Å²) >= 11 is 0. The second kappa shape index (κ2) is 11.2. The number of aliphatic hydroxyl groups is 1. The Bertz CT molecular complexity index is 952. The minimum absolute atomic E-state index is 0.238. The second-order valence-corrected chi connectivity index (χ2v) is 7.08. The highest BCUT2D eigenvalue weighted by molar-refractivity contribution is 5.46. The Hall–Kier alpha value is -2.58. The monoisotopic (exact) mass is 438 g/mol. The van der Waals surface area contributed by atoms with Gasteiger partial charge in [0.2, 0.25) is 0 Å². The van der Waals surface area contributed by atoms with Crippen LogP contribution in [0.25, 0.3) is 12.2 Å². The molecule has 0 aliphatic heterocycles. The summed E-state index contributed by atoms with van der Waals surface area (Å²) in [5.41, 5.74) is 1.19. The summed E-state index contributed by atoms with van der Waals surface area (Å²) in [5, 5.41) is 11.5. The van der Waals surface area contributed by atoms with Gasteiger partial charge in [0, 0.05) is 31.1 Å². The Morgan fingerprint density at radius 3 is 2.68 bits per heavy atom. The molecule has 5 nitrogen and oxygen atoms in total. The molecule has 170 valence electrons. The topological polar surface area (TPSA) is 54.8 Å². The lowest BCUT2D eigenvalue weighted by atomic mass is 10.1. The third kappa shape index (κ3) is 6.97. The van der Waals surface area contributed by atoms with E-state index in [9.17, 15) is 18.3 Å². The minimum atomic E-state index is -4.73. The van der Waals surface area contributed by atoms with Crippen molar-refractivity contribution in [2.45, 2.75) is 45.1 Å². The Labute approximate surface area is 180 Å². The number of alkyl halides is 3. The predicted molar refractivity (Wildman–Crippen MR) is 114 cm³/mol. The average Bonchev–Trinajstić information content (AvgIpc) is 2.96. The van der Waals surface area contributed by atoms with E-state index in [-0.39, 0.29) is 6.10 Å². The third-order valence-electron chi connectivity index (χ3n) is 4.94. The lowest BCUT2D eigenvalue weighted by Gasteiger charge is -2.32. The first-order valence-corrected chi connectivity index (χ1v) is 10.0. The fourth-order valence-corrected chi connectivity index (χ4v) is 3.10. The molecule has 0 aromatic carbocycles. The van der Waals surface area contributed by atoms with Crippen LogP contribution >= 0.6 is 0 Å². The molecule has 0 amide bonds. The zero-order valence-corrected chi connectivity index (χ0v) is 18.2. The van der Waals surface area contributed by atoms with Crippen molar-refractivity contribution in [3.8, 4) is 0 Å². The van der Waals surface area contributed by atoms with Crippen molar-refractivity contribution in [1.82, 2.24) is 9.88 Å². The Morgan fingerprint density at radius 2 is 2.06 bits per heavy atom. The summed E-state index contributed by atoms with van der Waals surface area (Å²) < 4.78 is 50.2. The first-order valence-electron chi connectivity index (χ1n) is 10.0. The maximum Gasteiger partial charge on any atom is 0.416 e. The Balaban J connectivity index is 2.51. The standard InChI is InChI=1S/C23H29F3N2O3/c1-5-18(14-20(31-4)13-16(2)30-3)28(15-22(29)23(24,25)26)19-9-8-17-7-6-12-27-21(17)11-10-19/h6-8,10-14,16,22,29H,5,9,15H2,1-4H3/b18-14+,20-13+. The minimum Gasteiger partial charge on any atom is -0.497 e. The largest absolute Gasteiger partial charge is 0.497 e. The van der Waals surface area contributed by atoms with E-state index in [1.807, 2.05) is 32.1 Å². The molecule has 31 heavy (non-hydrogen) atoms. The molecule has 1 aromatic heterocycles. The maximum absolute atomic E-state index is 13.2. The molecule has 1 aromatic rings. The summed E-state index contributed by atoms with van der Waals surface area (Å²) in [4.78, 5) is 5.81. The van der Waals surface area contributed by atoms with Crippen LogP contribution in [0.2, 0.25) is 0 Å². The van der Waals surface area contributed by atoms with Crippen LogP contribution in [0.15, 0.2) is 53.7 Å². The number of fused-ring (bicyclic) bond motifs is 1. The molecule has 1 N–H and O–H groups in total. The van der Waals surface area contributed by atoms with Gasteiger partial charge in [-0.25, -0.2) is 0 Å². The van der Waals surface area contributed by atoms with Gasteiger partial charge < -0.3 is 19.5 Å². The Morgan fingerprint density at radius 1 is 1.32 bits per heavy atom. The van der Waals surface area contributed by atoms with Crippen LogP contribution in [0.4, 0.5) is 13.2 Å². The van der Waals surface area contributed by atoms with Gasteiger partial charge in [-0.15, -0.1) is 0 Å². The summed E-state index contributed by atoms with van der Waals surface area (Å²) in [6.45, 7) is 3.04. The second-order valence-electron chi connectivity index (χ2n) is 7.08. The van der Waals surface area contributed by atoms with Gasteiger partial charge in [-0.3, -0.25) is 4.98 Å². The molecule has 1 aliphatic rings. The first kappa shape index (κ1) is 24.7. The van der Waals surface area contributed by atoms with Crippen molar-refractivity contribution in [3.05, 3.63) is 64.3 Å². The highest BCUT2D eigenvalue weighted by Gasteiger charge is 2.40. The smallest absolute Gasteiger partial charge is 0.416 e. The molecule has 8 heteroatoms. The van der Waals surface area contributed by atoms with E-state index in [2.05, 4.69) is 4.98 Å². The molecule has 0 fully saturated rings. The number of pyridine rings is 1. The van der Waals surface area contributed by atoms with Gasteiger partial charge in [-0.2, -0.15) is 13.2 Å². The number of allylic oxidation sites excluding steroid dienone is 4. The molecule has 0 saturated carbocycles.